The molecule has 10 heavy (non-hydrogen) atoms. The van der Waals surface area contributed by atoms with Gasteiger partial charge in [0.05, 0.1) is 0 Å². The van der Waals surface area contributed by atoms with Crippen LogP contribution in [0.4, 0.5) is 0 Å². The van der Waals surface area contributed by atoms with E-state index in [2.05, 4.69) is 0 Å². The van der Waals surface area contributed by atoms with E-state index in [0.29, 0.717) is 19.4 Å². The smallest absolute Gasteiger partial charge is 0.351 e. The van der Waals surface area contributed by atoms with Crippen LogP contribution in [-0.4, -0.2) is 23.3 Å². The predicted molar refractivity (Wildman–Crippen MR) is 31.2 cm³/mol. The Kier molecular flexibility index (Phi) is 1.60. The molecule has 0 aromatic carbocycles. The number of carboxylic acid groups (broad SMARTS) is 1. The minimum absolute atomic E-state index is 0.304. The molecule has 54 valence electrons. The zero-order valence-electron chi connectivity index (χ0n) is 5.33. The van der Waals surface area contributed by atoms with E-state index in [0.717, 1.165) is 0 Å². The Labute approximate surface area is 58.0 Å². The standard InChI is InChI=1S/C6H7NO3/c7-4-6(5(8)9)2-1-3-10-6/h1-3H2,(H,8,9). The fourth-order valence-electron chi connectivity index (χ4n) is 0.944. The van der Waals surface area contributed by atoms with Crippen molar-refractivity contribution in [3.8, 4) is 6.07 Å². The molecular formula is C6H7NO3. The van der Waals surface area contributed by atoms with Crippen LogP contribution < -0.4 is 0 Å². The molecule has 1 unspecified atom stereocenters. The second kappa shape index (κ2) is 2.27. The summed E-state index contributed by atoms with van der Waals surface area (Å²) in [4.78, 5) is 10.4. The van der Waals surface area contributed by atoms with Crippen LogP contribution in [0.1, 0.15) is 12.8 Å². The van der Waals surface area contributed by atoms with Gasteiger partial charge in [-0.05, 0) is 6.42 Å². The Morgan fingerprint density at radius 1 is 1.80 bits per heavy atom. The summed E-state index contributed by atoms with van der Waals surface area (Å²) in [6.45, 7) is 0.375. The van der Waals surface area contributed by atoms with Crippen molar-refractivity contribution in [2.24, 2.45) is 0 Å². The highest BCUT2D eigenvalue weighted by Gasteiger charge is 2.43. The Morgan fingerprint density at radius 2 is 2.50 bits per heavy atom. The number of ether oxygens (including phenoxy) is 1. The summed E-state index contributed by atoms with van der Waals surface area (Å²) >= 11 is 0. The van der Waals surface area contributed by atoms with Gasteiger partial charge in [0.2, 0.25) is 0 Å². The average Bonchev–Trinajstić information content (AvgIpc) is 2.35. The normalized spacial score (nSPS) is 31.5. The fourth-order valence-corrected chi connectivity index (χ4v) is 0.944. The van der Waals surface area contributed by atoms with Crippen molar-refractivity contribution >= 4 is 5.97 Å². The van der Waals surface area contributed by atoms with Crippen LogP contribution >= 0.6 is 0 Å². The summed E-state index contributed by atoms with van der Waals surface area (Å²) in [5.41, 5.74) is -1.54. The van der Waals surface area contributed by atoms with Gasteiger partial charge in [0.1, 0.15) is 6.07 Å². The Balaban J connectivity index is 2.80. The molecule has 1 N–H and O–H groups in total. The van der Waals surface area contributed by atoms with E-state index in [4.69, 9.17) is 15.1 Å². The predicted octanol–water partition coefficient (Wildman–Crippen LogP) is 0.144. The fraction of sp³-hybridized carbons (Fsp3) is 0.667. The molecule has 0 aromatic heterocycles. The van der Waals surface area contributed by atoms with Gasteiger partial charge in [0.25, 0.3) is 5.60 Å². The summed E-state index contributed by atoms with van der Waals surface area (Å²) in [5, 5.41) is 16.9. The molecule has 1 heterocycles. The van der Waals surface area contributed by atoms with Crippen LogP contribution in [0.5, 0.6) is 0 Å². The molecular weight excluding hydrogens is 134 g/mol. The van der Waals surface area contributed by atoms with Crippen LogP contribution in [0, 0.1) is 11.3 Å². The molecule has 0 radical (unpaired) electrons. The number of hydrogen-bond donors (Lipinski definition) is 1. The summed E-state index contributed by atoms with van der Waals surface area (Å²) in [7, 11) is 0. The molecule has 4 heteroatoms. The highest BCUT2D eigenvalue weighted by Crippen LogP contribution is 2.24. The van der Waals surface area contributed by atoms with Gasteiger partial charge in [-0.25, -0.2) is 4.79 Å². The third kappa shape index (κ3) is 0.847. The number of nitrogens with zero attached hydrogens (tertiary/aromatic N) is 1. The Bertz CT molecular complexity index is 188. The van der Waals surface area contributed by atoms with E-state index in [1.165, 1.54) is 0 Å². The van der Waals surface area contributed by atoms with Gasteiger partial charge in [0.15, 0.2) is 0 Å². The van der Waals surface area contributed by atoms with Gasteiger partial charge in [-0.15, -0.1) is 0 Å². The topological polar surface area (TPSA) is 70.3 Å². The molecule has 0 amide bonds. The first kappa shape index (κ1) is 7.03. The van der Waals surface area contributed by atoms with Crippen LogP contribution in [0.2, 0.25) is 0 Å². The highest BCUT2D eigenvalue weighted by molar-refractivity contribution is 5.81. The van der Waals surface area contributed by atoms with Gasteiger partial charge >= 0.3 is 5.97 Å². The summed E-state index contributed by atoms with van der Waals surface area (Å²) in [5.74, 6) is -1.17. The zero-order valence-corrected chi connectivity index (χ0v) is 5.33. The molecule has 4 nitrogen and oxygen atoms in total. The summed E-state index contributed by atoms with van der Waals surface area (Å²) in [6.07, 6.45) is 0.957. The number of rotatable bonds is 1. The van der Waals surface area contributed by atoms with Gasteiger partial charge in [-0.2, -0.15) is 5.26 Å². The van der Waals surface area contributed by atoms with Crippen LogP contribution in [0.3, 0.4) is 0 Å². The molecule has 0 spiro atoms. The van der Waals surface area contributed by atoms with Crippen molar-refractivity contribution in [1.82, 2.24) is 0 Å². The average molecular weight is 141 g/mol. The first-order valence-electron chi connectivity index (χ1n) is 3.00. The molecule has 0 bridgehead atoms. The first-order valence-corrected chi connectivity index (χ1v) is 3.00. The maximum Gasteiger partial charge on any atom is 0.351 e. The molecule has 1 saturated heterocycles. The molecule has 0 aliphatic carbocycles. The molecule has 1 fully saturated rings. The van der Waals surface area contributed by atoms with E-state index in [9.17, 15) is 4.79 Å². The molecule has 1 aliphatic heterocycles. The largest absolute Gasteiger partial charge is 0.478 e. The number of carboxylic acids is 1. The lowest BCUT2D eigenvalue weighted by Crippen LogP contribution is -2.35. The van der Waals surface area contributed by atoms with E-state index in [-0.39, 0.29) is 0 Å². The van der Waals surface area contributed by atoms with Gasteiger partial charge in [0, 0.05) is 13.0 Å². The van der Waals surface area contributed by atoms with Crippen LogP contribution in [-0.2, 0) is 9.53 Å². The van der Waals surface area contributed by atoms with Crippen molar-refractivity contribution in [3.63, 3.8) is 0 Å². The van der Waals surface area contributed by atoms with Gasteiger partial charge in [-0.3, -0.25) is 0 Å². The quantitative estimate of drug-likeness (QED) is 0.564. The molecule has 0 saturated carbocycles. The SMILES string of the molecule is N#CC1(C(=O)O)CCCO1. The maximum atomic E-state index is 10.4. The second-order valence-electron chi connectivity index (χ2n) is 2.20. The monoisotopic (exact) mass is 141 g/mol. The van der Waals surface area contributed by atoms with Crippen molar-refractivity contribution in [2.45, 2.75) is 18.4 Å². The summed E-state index contributed by atoms with van der Waals surface area (Å²) < 4.78 is 4.79. The lowest BCUT2D eigenvalue weighted by atomic mass is 10.0. The minimum Gasteiger partial charge on any atom is -0.478 e. The lowest BCUT2D eigenvalue weighted by molar-refractivity contribution is -0.153. The van der Waals surface area contributed by atoms with Crippen molar-refractivity contribution in [2.75, 3.05) is 6.61 Å². The van der Waals surface area contributed by atoms with Crippen molar-refractivity contribution in [3.05, 3.63) is 0 Å². The zero-order chi connectivity index (χ0) is 7.61. The van der Waals surface area contributed by atoms with Gasteiger partial charge < -0.3 is 9.84 Å². The van der Waals surface area contributed by atoms with Gasteiger partial charge in [-0.1, -0.05) is 0 Å². The molecule has 1 aliphatic rings. The van der Waals surface area contributed by atoms with E-state index >= 15 is 0 Å². The third-order valence-electron chi connectivity index (χ3n) is 1.55. The third-order valence-corrected chi connectivity index (χ3v) is 1.55. The maximum absolute atomic E-state index is 10.4. The first-order chi connectivity index (χ1) is 4.71. The van der Waals surface area contributed by atoms with Crippen molar-refractivity contribution in [1.29, 1.82) is 5.26 Å². The number of aliphatic carboxylic acids is 1. The molecule has 0 aromatic rings. The number of hydrogen-bond acceptors (Lipinski definition) is 3. The van der Waals surface area contributed by atoms with Crippen LogP contribution in [0.15, 0.2) is 0 Å². The van der Waals surface area contributed by atoms with E-state index in [1.54, 1.807) is 6.07 Å². The molecule has 1 rings (SSSR count). The highest BCUT2D eigenvalue weighted by atomic mass is 16.5. The number of nitriles is 1. The Morgan fingerprint density at radius 3 is 2.70 bits per heavy atom. The van der Waals surface area contributed by atoms with Crippen molar-refractivity contribution < 1.29 is 14.6 Å². The lowest BCUT2D eigenvalue weighted by Gasteiger charge is -2.12. The van der Waals surface area contributed by atoms with Crippen LogP contribution in [0.25, 0.3) is 0 Å². The Hall–Kier alpha value is -1.08. The van der Waals surface area contributed by atoms with E-state index in [1.807, 2.05) is 0 Å². The van der Waals surface area contributed by atoms with E-state index < -0.39 is 11.6 Å². The summed E-state index contributed by atoms with van der Waals surface area (Å²) in [6, 6.07) is 1.66. The number of carbonyl (C=O) groups is 1. The molecule has 1 atom stereocenters. The minimum atomic E-state index is -1.54. The second-order valence-corrected chi connectivity index (χ2v) is 2.20.